The van der Waals surface area contributed by atoms with Gasteiger partial charge in [0.05, 0.1) is 5.56 Å². The van der Waals surface area contributed by atoms with Crippen LogP contribution >= 0.6 is 0 Å². The molecule has 1 fully saturated rings. The molecule has 1 amide bonds. The summed E-state index contributed by atoms with van der Waals surface area (Å²) in [5, 5.41) is 47.5. The number of esters is 1. The van der Waals surface area contributed by atoms with Gasteiger partial charge in [0.2, 0.25) is 5.78 Å². The molecule has 1 aromatic rings. The van der Waals surface area contributed by atoms with Crippen molar-refractivity contribution in [1.82, 2.24) is 5.32 Å². The Labute approximate surface area is 206 Å². The van der Waals surface area contributed by atoms with Gasteiger partial charge in [-0.1, -0.05) is 19.1 Å². The summed E-state index contributed by atoms with van der Waals surface area (Å²) >= 11 is 0. The van der Waals surface area contributed by atoms with E-state index in [0.29, 0.717) is 12.1 Å². The number of benzene rings is 1. The van der Waals surface area contributed by atoms with Crippen molar-refractivity contribution in [2.24, 2.45) is 17.6 Å². The molecule has 0 bridgehead atoms. The van der Waals surface area contributed by atoms with Gasteiger partial charge in [0.25, 0.3) is 5.91 Å². The van der Waals surface area contributed by atoms with Crippen LogP contribution in [-0.4, -0.2) is 68.7 Å². The van der Waals surface area contributed by atoms with Crippen LogP contribution in [0.25, 0.3) is 5.76 Å². The van der Waals surface area contributed by atoms with Crippen molar-refractivity contribution >= 4 is 29.2 Å². The van der Waals surface area contributed by atoms with Gasteiger partial charge < -0.3 is 36.2 Å². The predicted octanol–water partition coefficient (Wildman–Crippen LogP) is 0.506. The number of aliphatic hydroxyl groups is 3. The van der Waals surface area contributed by atoms with Crippen molar-refractivity contribution in [3.63, 3.8) is 0 Å². The Balaban J connectivity index is 2.02. The van der Waals surface area contributed by atoms with Crippen LogP contribution < -0.4 is 11.1 Å². The van der Waals surface area contributed by atoms with Gasteiger partial charge in [-0.3, -0.25) is 19.2 Å². The van der Waals surface area contributed by atoms with E-state index in [1.807, 2.05) is 6.92 Å². The molecule has 11 heteroatoms. The fourth-order valence-corrected chi connectivity index (χ4v) is 5.77. The second-order valence-electron chi connectivity index (χ2n) is 9.33. The van der Waals surface area contributed by atoms with Crippen molar-refractivity contribution in [3.05, 3.63) is 46.2 Å². The first-order valence-electron chi connectivity index (χ1n) is 11.6. The summed E-state index contributed by atoms with van der Waals surface area (Å²) in [4.78, 5) is 50.7. The maximum atomic E-state index is 13.9. The molecule has 1 saturated carbocycles. The Hall–Kier alpha value is -3.70. The summed E-state index contributed by atoms with van der Waals surface area (Å²) in [5.41, 5.74) is 1.48. The molecule has 192 valence electrons. The molecule has 0 heterocycles. The number of ketones is 2. The number of aliphatic hydroxyl groups excluding tert-OH is 2. The van der Waals surface area contributed by atoms with Crippen LogP contribution in [0, 0.1) is 11.8 Å². The molecule has 0 unspecified atom stereocenters. The molecule has 3 aliphatic carbocycles. The van der Waals surface area contributed by atoms with E-state index in [0.717, 1.165) is 13.3 Å². The molecular formula is C25H28N2O9. The average Bonchev–Trinajstić information content (AvgIpc) is 2.79. The van der Waals surface area contributed by atoms with Gasteiger partial charge in [0.1, 0.15) is 28.9 Å². The molecular weight excluding hydrogens is 472 g/mol. The smallest absolute Gasteiger partial charge is 0.302 e. The van der Waals surface area contributed by atoms with Gasteiger partial charge in [-0.15, -0.1) is 0 Å². The number of nitrogens with one attached hydrogen (secondary N) is 1. The molecule has 0 aromatic heterocycles. The highest BCUT2D eigenvalue weighted by Crippen LogP contribution is 2.56. The highest BCUT2D eigenvalue weighted by Gasteiger charge is 2.66. The monoisotopic (exact) mass is 500 g/mol. The number of hydrogen-bond acceptors (Lipinski definition) is 10. The molecule has 11 nitrogen and oxygen atoms in total. The molecule has 0 aliphatic heterocycles. The maximum absolute atomic E-state index is 13.9. The third-order valence-corrected chi connectivity index (χ3v) is 7.23. The van der Waals surface area contributed by atoms with Gasteiger partial charge in [-0.25, -0.2) is 0 Å². The van der Waals surface area contributed by atoms with Crippen LogP contribution in [0.3, 0.4) is 0 Å². The summed E-state index contributed by atoms with van der Waals surface area (Å²) in [6.45, 7) is 3.91. The second kappa shape index (κ2) is 9.07. The van der Waals surface area contributed by atoms with Gasteiger partial charge in [0, 0.05) is 43.2 Å². The summed E-state index contributed by atoms with van der Waals surface area (Å²) < 4.78 is 5.58. The first-order chi connectivity index (χ1) is 17.0. The number of primary amides is 1. The van der Waals surface area contributed by atoms with Crippen molar-refractivity contribution in [3.8, 4) is 5.75 Å². The number of Topliss-reactive ketones (excluding diaryl/α,β-unsaturated/α-hetero) is 2. The van der Waals surface area contributed by atoms with Crippen LogP contribution in [0.4, 0.5) is 0 Å². The van der Waals surface area contributed by atoms with E-state index in [4.69, 9.17) is 10.5 Å². The zero-order chi connectivity index (χ0) is 26.5. The van der Waals surface area contributed by atoms with Gasteiger partial charge in [-0.05, 0) is 24.6 Å². The van der Waals surface area contributed by atoms with E-state index in [1.165, 1.54) is 6.07 Å². The number of carbonyl (C=O) groups excluding carboxylic acids is 4. The number of ether oxygens (including phenoxy) is 1. The van der Waals surface area contributed by atoms with Crippen LogP contribution in [0.2, 0.25) is 0 Å². The second-order valence-corrected chi connectivity index (χ2v) is 9.33. The topological polar surface area (TPSA) is 196 Å². The van der Waals surface area contributed by atoms with Gasteiger partial charge in [0.15, 0.2) is 11.4 Å². The number of amides is 1. The Bertz CT molecular complexity index is 1230. The molecule has 5 atom stereocenters. The van der Waals surface area contributed by atoms with Crippen LogP contribution in [-0.2, 0) is 23.9 Å². The van der Waals surface area contributed by atoms with Crippen molar-refractivity contribution < 1.29 is 44.3 Å². The van der Waals surface area contributed by atoms with E-state index in [9.17, 15) is 39.6 Å². The van der Waals surface area contributed by atoms with Crippen LogP contribution in [0.1, 0.15) is 43.7 Å². The molecule has 7 N–H and O–H groups in total. The van der Waals surface area contributed by atoms with Crippen molar-refractivity contribution in [2.45, 2.75) is 44.3 Å². The highest BCUT2D eigenvalue weighted by molar-refractivity contribution is 6.23. The van der Waals surface area contributed by atoms with E-state index in [2.05, 4.69) is 5.32 Å². The first kappa shape index (κ1) is 25.4. The fourth-order valence-electron chi connectivity index (χ4n) is 5.77. The Morgan fingerprint density at radius 3 is 2.53 bits per heavy atom. The summed E-state index contributed by atoms with van der Waals surface area (Å²) in [6, 6.07) is 4.55. The zero-order valence-electron chi connectivity index (χ0n) is 19.8. The summed E-state index contributed by atoms with van der Waals surface area (Å²) in [6.07, 6.45) is -1.18. The van der Waals surface area contributed by atoms with Gasteiger partial charge in [-0.2, -0.15) is 0 Å². The normalized spacial score (nSPS) is 29.4. The minimum Gasteiger partial charge on any atom is -0.508 e. The van der Waals surface area contributed by atoms with E-state index >= 15 is 0 Å². The standard InChI is InChI=1S/C25H28N2O9/c1-3-7-27-9-12-11-5-4-6-14(29)16(11)20(31)19-17(12)21(36-10(2)28)13-8-15(30)18(24(26)34)22(32)25(13,35)23(19)33/h4-6,12-13,17,21,27,29,31-32,35H,3,7-9H2,1-2H3,(H2,26,34)/t12-,13+,17+,21+,25+/m0/s1. The Morgan fingerprint density at radius 2 is 1.92 bits per heavy atom. The number of rotatable bonds is 6. The Kier molecular flexibility index (Phi) is 6.40. The molecule has 4 rings (SSSR count). The van der Waals surface area contributed by atoms with Gasteiger partial charge >= 0.3 is 5.97 Å². The molecule has 1 aromatic carbocycles. The minimum absolute atomic E-state index is 0.0329. The molecule has 0 radical (unpaired) electrons. The molecule has 3 aliphatic rings. The van der Waals surface area contributed by atoms with Crippen molar-refractivity contribution in [2.75, 3.05) is 13.1 Å². The summed E-state index contributed by atoms with van der Waals surface area (Å²) in [5.74, 6) is -9.56. The largest absolute Gasteiger partial charge is 0.508 e. The SMILES string of the molecule is CCCNC[C@H]1c2cccc(O)c2C(O)=C2C(=O)[C@]3(O)C(O)=C(C(N)=O)C(=O)C[C@@H]3[C@@H](OC(C)=O)[C@@H]21. The number of hydrogen-bond donors (Lipinski definition) is 6. The van der Waals surface area contributed by atoms with E-state index < -0.39 is 76.4 Å². The van der Waals surface area contributed by atoms with Crippen LogP contribution in [0.15, 0.2) is 35.1 Å². The van der Waals surface area contributed by atoms with E-state index in [-0.39, 0.29) is 23.4 Å². The molecule has 0 spiro atoms. The number of nitrogens with two attached hydrogens (primary N) is 1. The number of carbonyl (C=O) groups is 4. The maximum Gasteiger partial charge on any atom is 0.302 e. The minimum atomic E-state index is -2.87. The number of phenols is 1. The number of fused-ring (bicyclic) bond motifs is 3. The highest BCUT2D eigenvalue weighted by atomic mass is 16.5. The average molecular weight is 501 g/mol. The molecule has 0 saturated heterocycles. The molecule has 36 heavy (non-hydrogen) atoms. The predicted molar refractivity (Wildman–Crippen MR) is 125 cm³/mol. The first-order valence-corrected chi connectivity index (χ1v) is 11.6. The lowest BCUT2D eigenvalue weighted by Crippen LogP contribution is -2.65. The quantitative estimate of drug-likeness (QED) is 0.182. The van der Waals surface area contributed by atoms with Crippen LogP contribution in [0.5, 0.6) is 5.75 Å². The lowest BCUT2D eigenvalue weighted by molar-refractivity contribution is -0.177. The third-order valence-electron chi connectivity index (χ3n) is 7.23. The lowest BCUT2D eigenvalue weighted by Gasteiger charge is -2.51. The van der Waals surface area contributed by atoms with Crippen molar-refractivity contribution in [1.29, 1.82) is 0 Å². The van der Waals surface area contributed by atoms with E-state index in [1.54, 1.807) is 12.1 Å². The Morgan fingerprint density at radius 1 is 1.22 bits per heavy atom. The fraction of sp³-hybridized carbons (Fsp3) is 0.440. The lowest BCUT2D eigenvalue weighted by atomic mass is 9.55. The number of aromatic hydroxyl groups is 1. The summed E-state index contributed by atoms with van der Waals surface area (Å²) in [7, 11) is 0. The number of phenolic OH excluding ortho intramolecular Hbond substituents is 1. The zero-order valence-corrected chi connectivity index (χ0v) is 19.8. The third kappa shape index (κ3) is 3.58.